The molecule has 0 radical (unpaired) electrons. The molecule has 6 heteroatoms. The number of sulfonamides is 1. The predicted octanol–water partition coefficient (Wildman–Crippen LogP) is 0.876. The lowest BCUT2D eigenvalue weighted by Gasteiger charge is -2.35. The van der Waals surface area contributed by atoms with Crippen LogP contribution in [0.1, 0.15) is 39.0 Å². The van der Waals surface area contributed by atoms with E-state index in [4.69, 9.17) is 0 Å². The Labute approximate surface area is 123 Å². The Bertz CT molecular complexity index is 378. The highest BCUT2D eigenvalue weighted by atomic mass is 32.2. The van der Waals surface area contributed by atoms with Crippen molar-refractivity contribution < 1.29 is 8.42 Å². The summed E-state index contributed by atoms with van der Waals surface area (Å²) in [5.41, 5.74) is 0. The van der Waals surface area contributed by atoms with Crippen molar-refractivity contribution in [2.24, 2.45) is 0 Å². The maximum absolute atomic E-state index is 12.6. The molecule has 0 bridgehead atoms. The maximum Gasteiger partial charge on any atom is 0.215 e. The van der Waals surface area contributed by atoms with Crippen LogP contribution in [0, 0.1) is 0 Å². The minimum absolute atomic E-state index is 0.252. The molecule has 0 aromatic heterocycles. The van der Waals surface area contributed by atoms with Crippen LogP contribution in [0.25, 0.3) is 0 Å². The standard InChI is InChI=1S/C14H29N3O2S/c1-2-5-14-6-3-4-9-17(14)20(18,19)13-12-16-10-7-15-8-11-16/h14-15H,2-13H2,1H3. The molecule has 0 amide bonds. The SMILES string of the molecule is CCCC1CCCCN1S(=O)(=O)CCN1CCNCC1. The van der Waals surface area contributed by atoms with Crippen LogP contribution in [-0.2, 0) is 10.0 Å². The number of hydrogen-bond donors (Lipinski definition) is 1. The maximum atomic E-state index is 12.6. The summed E-state index contributed by atoms with van der Waals surface area (Å²) >= 11 is 0. The number of piperazine rings is 1. The van der Waals surface area contributed by atoms with Crippen molar-refractivity contribution in [3.8, 4) is 0 Å². The topological polar surface area (TPSA) is 52.7 Å². The van der Waals surface area contributed by atoms with Gasteiger partial charge in [-0.15, -0.1) is 0 Å². The van der Waals surface area contributed by atoms with Gasteiger partial charge in [0.25, 0.3) is 0 Å². The molecule has 1 N–H and O–H groups in total. The molecule has 0 spiro atoms. The lowest BCUT2D eigenvalue weighted by Crippen LogP contribution is -2.48. The molecular formula is C14H29N3O2S. The molecule has 118 valence electrons. The third kappa shape index (κ3) is 4.41. The molecule has 1 atom stereocenters. The third-order valence-electron chi connectivity index (χ3n) is 4.43. The van der Waals surface area contributed by atoms with Crippen LogP contribution >= 0.6 is 0 Å². The van der Waals surface area contributed by atoms with E-state index in [1.165, 1.54) is 6.42 Å². The van der Waals surface area contributed by atoms with Crippen molar-refractivity contribution in [1.82, 2.24) is 14.5 Å². The molecule has 2 saturated heterocycles. The van der Waals surface area contributed by atoms with E-state index >= 15 is 0 Å². The summed E-state index contributed by atoms with van der Waals surface area (Å²) < 4.78 is 27.0. The zero-order chi connectivity index (χ0) is 14.4. The molecule has 0 aliphatic carbocycles. The molecule has 2 rings (SSSR count). The fourth-order valence-electron chi connectivity index (χ4n) is 3.26. The van der Waals surface area contributed by atoms with Gasteiger partial charge >= 0.3 is 0 Å². The molecule has 2 aliphatic rings. The molecule has 2 fully saturated rings. The van der Waals surface area contributed by atoms with Crippen LogP contribution in [0.4, 0.5) is 0 Å². The van der Waals surface area contributed by atoms with Crippen LogP contribution in [0.15, 0.2) is 0 Å². The van der Waals surface area contributed by atoms with Gasteiger partial charge in [-0.05, 0) is 19.3 Å². The van der Waals surface area contributed by atoms with E-state index in [1.54, 1.807) is 0 Å². The Morgan fingerprint density at radius 2 is 1.90 bits per heavy atom. The highest BCUT2D eigenvalue weighted by molar-refractivity contribution is 7.89. The van der Waals surface area contributed by atoms with Crippen molar-refractivity contribution >= 4 is 10.0 Å². The van der Waals surface area contributed by atoms with Gasteiger partial charge in [0.15, 0.2) is 0 Å². The highest BCUT2D eigenvalue weighted by Crippen LogP contribution is 2.24. The first-order chi connectivity index (χ1) is 9.63. The van der Waals surface area contributed by atoms with Gasteiger partial charge < -0.3 is 5.32 Å². The van der Waals surface area contributed by atoms with Crippen molar-refractivity contribution in [3.63, 3.8) is 0 Å². The molecule has 1 unspecified atom stereocenters. The quantitative estimate of drug-likeness (QED) is 0.791. The van der Waals surface area contributed by atoms with E-state index < -0.39 is 10.0 Å². The fraction of sp³-hybridized carbons (Fsp3) is 1.00. The number of rotatable bonds is 6. The molecule has 2 heterocycles. The Morgan fingerprint density at radius 1 is 1.15 bits per heavy atom. The summed E-state index contributed by atoms with van der Waals surface area (Å²) in [4.78, 5) is 2.26. The van der Waals surface area contributed by atoms with Crippen LogP contribution in [0.5, 0.6) is 0 Å². The van der Waals surface area contributed by atoms with E-state index in [0.29, 0.717) is 6.54 Å². The van der Waals surface area contributed by atoms with Crippen LogP contribution in [0.3, 0.4) is 0 Å². The summed E-state index contributed by atoms with van der Waals surface area (Å²) in [6.45, 7) is 7.43. The Balaban J connectivity index is 1.89. The molecule has 0 aromatic rings. The van der Waals surface area contributed by atoms with Gasteiger partial charge in [-0.2, -0.15) is 4.31 Å². The number of piperidine rings is 1. The van der Waals surface area contributed by atoms with Gasteiger partial charge in [-0.25, -0.2) is 8.42 Å². The molecule has 0 saturated carbocycles. The van der Waals surface area contributed by atoms with Gasteiger partial charge in [0.1, 0.15) is 0 Å². The average molecular weight is 303 g/mol. The zero-order valence-corrected chi connectivity index (χ0v) is 13.5. The first-order valence-electron chi connectivity index (χ1n) is 8.06. The number of hydrogen-bond acceptors (Lipinski definition) is 4. The predicted molar refractivity (Wildman–Crippen MR) is 82.3 cm³/mol. The summed E-state index contributed by atoms with van der Waals surface area (Å²) in [6, 6.07) is 0.252. The minimum atomic E-state index is -3.08. The molecule has 5 nitrogen and oxygen atoms in total. The third-order valence-corrected chi connectivity index (χ3v) is 6.32. The van der Waals surface area contributed by atoms with Crippen LogP contribution < -0.4 is 5.32 Å². The summed E-state index contributed by atoms with van der Waals surface area (Å²) in [6.07, 6.45) is 5.31. The van der Waals surface area contributed by atoms with Gasteiger partial charge in [-0.3, -0.25) is 4.90 Å². The lowest BCUT2D eigenvalue weighted by atomic mass is 10.0. The van der Waals surface area contributed by atoms with Crippen molar-refractivity contribution in [2.45, 2.75) is 45.1 Å². The molecule has 0 aromatic carbocycles. The highest BCUT2D eigenvalue weighted by Gasteiger charge is 2.31. The largest absolute Gasteiger partial charge is 0.314 e. The van der Waals surface area contributed by atoms with Gasteiger partial charge in [0.05, 0.1) is 5.75 Å². The Morgan fingerprint density at radius 3 is 2.60 bits per heavy atom. The van der Waals surface area contributed by atoms with Crippen LogP contribution in [0.2, 0.25) is 0 Å². The van der Waals surface area contributed by atoms with E-state index in [2.05, 4.69) is 17.1 Å². The molecule has 2 aliphatic heterocycles. The molecular weight excluding hydrogens is 274 g/mol. The fourth-order valence-corrected chi connectivity index (χ4v) is 5.05. The van der Waals surface area contributed by atoms with E-state index in [-0.39, 0.29) is 11.8 Å². The zero-order valence-electron chi connectivity index (χ0n) is 12.7. The second-order valence-corrected chi connectivity index (χ2v) is 8.00. The smallest absolute Gasteiger partial charge is 0.215 e. The van der Waals surface area contributed by atoms with Crippen molar-refractivity contribution in [1.29, 1.82) is 0 Å². The van der Waals surface area contributed by atoms with Crippen molar-refractivity contribution in [2.75, 3.05) is 45.0 Å². The van der Waals surface area contributed by atoms with Gasteiger partial charge in [-0.1, -0.05) is 19.8 Å². The monoisotopic (exact) mass is 303 g/mol. The minimum Gasteiger partial charge on any atom is -0.314 e. The lowest BCUT2D eigenvalue weighted by molar-refractivity contribution is 0.231. The first-order valence-corrected chi connectivity index (χ1v) is 9.67. The Kier molecular flexibility index (Phi) is 6.26. The van der Waals surface area contributed by atoms with Gasteiger partial charge in [0, 0.05) is 45.3 Å². The van der Waals surface area contributed by atoms with Crippen molar-refractivity contribution in [3.05, 3.63) is 0 Å². The first kappa shape index (κ1) is 16.2. The Hall–Kier alpha value is -0.170. The summed E-state index contributed by atoms with van der Waals surface area (Å²) in [7, 11) is -3.08. The van der Waals surface area contributed by atoms with Gasteiger partial charge in [0.2, 0.25) is 10.0 Å². The average Bonchev–Trinajstić information content (AvgIpc) is 2.47. The summed E-state index contributed by atoms with van der Waals surface area (Å²) in [5.74, 6) is 0.285. The van der Waals surface area contributed by atoms with E-state index in [9.17, 15) is 8.42 Å². The molecule has 20 heavy (non-hydrogen) atoms. The second-order valence-electron chi connectivity index (χ2n) is 5.96. The summed E-state index contributed by atoms with van der Waals surface area (Å²) in [5, 5.41) is 3.30. The second kappa shape index (κ2) is 7.73. The van der Waals surface area contributed by atoms with E-state index in [1.807, 2.05) is 4.31 Å². The number of nitrogens with zero attached hydrogens (tertiary/aromatic N) is 2. The number of nitrogens with one attached hydrogen (secondary N) is 1. The van der Waals surface area contributed by atoms with E-state index in [0.717, 1.165) is 58.4 Å². The van der Waals surface area contributed by atoms with Crippen LogP contribution in [-0.4, -0.2) is 68.7 Å². The normalized spacial score (nSPS) is 26.8.